The molecule has 4 aliphatic rings. The Morgan fingerprint density at radius 2 is 2.03 bits per heavy atom. The van der Waals surface area contributed by atoms with Crippen molar-refractivity contribution in [1.29, 1.82) is 0 Å². The highest BCUT2D eigenvalue weighted by Gasteiger charge is 2.51. The van der Waals surface area contributed by atoms with E-state index in [-0.39, 0.29) is 11.5 Å². The monoisotopic (exact) mass is 439 g/mol. The van der Waals surface area contributed by atoms with Crippen LogP contribution < -0.4 is 0 Å². The molecule has 0 N–H and O–H groups in total. The van der Waals surface area contributed by atoms with Crippen LogP contribution in [0.2, 0.25) is 0 Å². The smallest absolute Gasteiger partial charge is 0.414 e. The summed E-state index contributed by atoms with van der Waals surface area (Å²) in [5.41, 5.74) is 2.79. The molecule has 1 saturated carbocycles. The Kier molecular flexibility index (Phi) is 4.94. The second-order valence-electron chi connectivity index (χ2n) is 11.0. The van der Waals surface area contributed by atoms with Gasteiger partial charge in [0.2, 0.25) is 0 Å². The Labute approximate surface area is 189 Å². The van der Waals surface area contributed by atoms with E-state index in [1.165, 1.54) is 29.1 Å². The normalized spacial score (nSPS) is 28.9. The van der Waals surface area contributed by atoms with E-state index in [1.807, 2.05) is 32.1 Å². The molecule has 5 nitrogen and oxygen atoms in total. The summed E-state index contributed by atoms with van der Waals surface area (Å²) in [6.45, 7) is 10.9. The number of benzene rings is 1. The van der Waals surface area contributed by atoms with E-state index in [1.54, 1.807) is 4.90 Å². The van der Waals surface area contributed by atoms with Gasteiger partial charge in [0, 0.05) is 30.6 Å². The van der Waals surface area contributed by atoms with Crippen molar-refractivity contribution in [2.75, 3.05) is 26.7 Å². The molecule has 3 aliphatic heterocycles. The van der Waals surface area contributed by atoms with Gasteiger partial charge in [-0.1, -0.05) is 19.1 Å². The Hall–Kier alpha value is -1.92. The molecule has 1 aromatic heterocycles. The molecule has 6 heteroatoms. The van der Waals surface area contributed by atoms with Gasteiger partial charge in [0.15, 0.2) is 0 Å². The van der Waals surface area contributed by atoms with Crippen molar-refractivity contribution in [3.05, 3.63) is 34.8 Å². The predicted octanol–water partition coefficient (Wildman–Crippen LogP) is 5.51. The van der Waals surface area contributed by atoms with Crippen molar-refractivity contribution in [3.8, 4) is 0 Å². The van der Waals surface area contributed by atoms with Crippen LogP contribution in [0.3, 0.4) is 0 Å². The molecule has 166 valence electrons. The minimum Gasteiger partial charge on any atom is -0.443 e. The summed E-state index contributed by atoms with van der Waals surface area (Å²) < 4.78 is 6.94. The number of hydrogen-bond donors (Lipinski definition) is 0. The fraction of sp³-hybridized carbons (Fsp3) is 0.600. The molecule has 2 saturated heterocycles. The van der Waals surface area contributed by atoms with Crippen LogP contribution in [-0.4, -0.2) is 53.2 Å². The number of hydrogen-bond acceptors (Lipinski definition) is 5. The molecule has 4 heterocycles. The van der Waals surface area contributed by atoms with Crippen molar-refractivity contribution in [3.63, 3.8) is 0 Å². The Morgan fingerprint density at radius 3 is 2.74 bits per heavy atom. The van der Waals surface area contributed by atoms with Gasteiger partial charge in [0.25, 0.3) is 0 Å². The van der Waals surface area contributed by atoms with E-state index in [0.717, 1.165) is 35.7 Å². The van der Waals surface area contributed by atoms with Crippen molar-refractivity contribution >= 4 is 33.3 Å². The summed E-state index contributed by atoms with van der Waals surface area (Å²) >= 11 is 1.85. The number of allylic oxidation sites excluding steroid dienone is 1. The van der Waals surface area contributed by atoms with Crippen LogP contribution in [0.5, 0.6) is 0 Å². The van der Waals surface area contributed by atoms with E-state index in [9.17, 15) is 4.79 Å². The molecule has 6 rings (SSSR count). The predicted molar refractivity (Wildman–Crippen MR) is 126 cm³/mol. The van der Waals surface area contributed by atoms with Gasteiger partial charge in [-0.2, -0.15) is 0 Å². The maximum Gasteiger partial charge on any atom is 0.414 e. The van der Waals surface area contributed by atoms with Crippen molar-refractivity contribution in [1.82, 2.24) is 14.8 Å². The zero-order valence-corrected chi connectivity index (χ0v) is 20.1. The second kappa shape index (κ2) is 7.31. The quantitative estimate of drug-likeness (QED) is 0.619. The lowest BCUT2D eigenvalue weighted by Crippen LogP contribution is -2.57. The van der Waals surface area contributed by atoms with Gasteiger partial charge in [-0.05, 0) is 71.0 Å². The maximum atomic E-state index is 12.9. The van der Waals surface area contributed by atoms with Gasteiger partial charge in [0.05, 0.1) is 15.9 Å². The molecule has 3 fully saturated rings. The number of rotatable bonds is 2. The van der Waals surface area contributed by atoms with Crippen LogP contribution >= 0.6 is 11.3 Å². The lowest BCUT2D eigenvalue weighted by atomic mass is 9.59. The van der Waals surface area contributed by atoms with Crippen LogP contribution in [0.25, 0.3) is 15.9 Å². The molecule has 0 unspecified atom stereocenters. The number of fused-ring (bicyclic) bond motifs is 3. The summed E-state index contributed by atoms with van der Waals surface area (Å²) in [6.07, 6.45) is 5.43. The Bertz CT molecular complexity index is 1040. The van der Waals surface area contributed by atoms with Crippen molar-refractivity contribution in [2.24, 2.45) is 11.8 Å². The fourth-order valence-corrected chi connectivity index (χ4v) is 6.70. The second-order valence-corrected chi connectivity index (χ2v) is 12.0. The number of ether oxygens (including phenoxy) is 1. The van der Waals surface area contributed by atoms with Crippen LogP contribution in [0, 0.1) is 11.8 Å². The molecule has 0 radical (unpaired) electrons. The summed E-state index contributed by atoms with van der Waals surface area (Å²) in [5.74, 6) is 1.25. The zero-order valence-electron chi connectivity index (χ0n) is 19.3. The average Bonchev–Trinajstić information content (AvgIpc) is 3.09. The average molecular weight is 440 g/mol. The highest BCUT2D eigenvalue weighted by Crippen LogP contribution is 2.53. The molecule has 1 aromatic carbocycles. The largest absolute Gasteiger partial charge is 0.443 e. The van der Waals surface area contributed by atoms with Gasteiger partial charge in [-0.25, -0.2) is 9.78 Å². The van der Waals surface area contributed by atoms with Crippen LogP contribution in [0.4, 0.5) is 4.79 Å². The van der Waals surface area contributed by atoms with Gasteiger partial charge in [0.1, 0.15) is 10.6 Å². The highest BCUT2D eigenvalue weighted by molar-refractivity contribution is 7.18. The molecule has 1 aliphatic carbocycles. The third kappa shape index (κ3) is 3.89. The number of thiazole rings is 1. The molecule has 31 heavy (non-hydrogen) atoms. The van der Waals surface area contributed by atoms with E-state index in [2.05, 4.69) is 43.1 Å². The Balaban J connectivity index is 1.46. The number of carbonyl (C=O) groups excluding carboxylic acids is 1. The standard InChI is InChI=1S/C25H33N3O2S/c1-16-6-8-20(28(13-16)23(29)30-24(2,3)4)18-7-9-21-19(10-18)26-22(31-21)25-11-17(12-25)14-27(5)15-25/h7-10,16-17H,6,11-15H2,1-5H3/t16-,17?,25?/m0/s1. The van der Waals surface area contributed by atoms with Gasteiger partial charge < -0.3 is 9.64 Å². The van der Waals surface area contributed by atoms with Crippen LogP contribution in [-0.2, 0) is 10.2 Å². The number of likely N-dealkylation sites (N-methyl/N-ethyl adjacent to an activating group) is 1. The number of piperidine rings is 2. The van der Waals surface area contributed by atoms with Crippen molar-refractivity contribution in [2.45, 2.75) is 58.0 Å². The summed E-state index contributed by atoms with van der Waals surface area (Å²) in [7, 11) is 2.23. The van der Waals surface area contributed by atoms with Gasteiger partial charge in [-0.15, -0.1) is 11.3 Å². The first-order valence-electron chi connectivity index (χ1n) is 11.4. The summed E-state index contributed by atoms with van der Waals surface area (Å²) in [5, 5.41) is 1.29. The third-order valence-electron chi connectivity index (χ3n) is 6.75. The number of aromatic nitrogens is 1. The van der Waals surface area contributed by atoms with Crippen LogP contribution in [0.1, 0.15) is 57.5 Å². The SMILES string of the molecule is C[C@H]1CC=C(c2ccc3sc(C45CC(CN(C)C4)C5)nc3c2)N(C(=O)OC(C)(C)C)C1. The molecule has 2 aromatic rings. The third-order valence-corrected chi connectivity index (χ3v) is 8.03. The number of carbonyl (C=O) groups is 1. The maximum absolute atomic E-state index is 12.9. The topological polar surface area (TPSA) is 45.7 Å². The Morgan fingerprint density at radius 1 is 1.26 bits per heavy atom. The molecule has 1 amide bonds. The minimum atomic E-state index is -0.510. The van der Waals surface area contributed by atoms with Gasteiger partial charge >= 0.3 is 6.09 Å². The van der Waals surface area contributed by atoms with E-state index >= 15 is 0 Å². The molecular weight excluding hydrogens is 406 g/mol. The van der Waals surface area contributed by atoms with E-state index in [4.69, 9.17) is 9.72 Å². The number of nitrogens with zero attached hydrogens (tertiary/aromatic N) is 3. The molecular formula is C25H33N3O2S. The lowest BCUT2D eigenvalue weighted by Gasteiger charge is -2.54. The van der Waals surface area contributed by atoms with Gasteiger partial charge in [-0.3, -0.25) is 4.90 Å². The van der Waals surface area contributed by atoms with E-state index < -0.39 is 5.60 Å². The number of amides is 1. The van der Waals surface area contributed by atoms with Crippen LogP contribution in [0.15, 0.2) is 24.3 Å². The molecule has 2 bridgehead atoms. The highest BCUT2D eigenvalue weighted by atomic mass is 32.1. The van der Waals surface area contributed by atoms with Crippen molar-refractivity contribution < 1.29 is 9.53 Å². The van der Waals surface area contributed by atoms with E-state index in [0.29, 0.717) is 12.5 Å². The molecule has 1 atom stereocenters. The first-order valence-corrected chi connectivity index (χ1v) is 12.2. The first kappa shape index (κ1) is 21.0. The minimum absolute atomic E-state index is 0.254. The lowest BCUT2D eigenvalue weighted by molar-refractivity contribution is 0.0104. The fourth-order valence-electron chi connectivity index (χ4n) is 5.55. The first-order chi connectivity index (χ1) is 14.6. The summed E-state index contributed by atoms with van der Waals surface area (Å²) in [4.78, 5) is 22.3. The molecule has 0 spiro atoms. The zero-order chi connectivity index (χ0) is 22.0. The summed E-state index contributed by atoms with van der Waals surface area (Å²) in [6, 6.07) is 6.48.